The number of hydrogen-bond donors (Lipinski definition) is 1. The van der Waals surface area contributed by atoms with E-state index in [9.17, 15) is 9.59 Å². The Bertz CT molecular complexity index is 1450. The highest BCUT2D eigenvalue weighted by molar-refractivity contribution is 6.74. The first-order valence-electron chi connectivity index (χ1n) is 13.4. The minimum Gasteiger partial charge on any atom is -0.495 e. The van der Waals surface area contributed by atoms with Gasteiger partial charge in [-0.3, -0.25) is 0 Å². The van der Waals surface area contributed by atoms with Crippen molar-refractivity contribution < 1.29 is 23.5 Å². The van der Waals surface area contributed by atoms with Gasteiger partial charge in [0.25, 0.3) is 0 Å². The van der Waals surface area contributed by atoms with Crippen LogP contribution in [0.3, 0.4) is 0 Å². The number of esters is 1. The second-order valence-electron chi connectivity index (χ2n) is 11.9. The van der Waals surface area contributed by atoms with Crippen molar-refractivity contribution in [3.8, 4) is 17.0 Å². The van der Waals surface area contributed by atoms with Gasteiger partial charge in [0.15, 0.2) is 8.32 Å². The molecular weight excluding hydrogens is 537 g/mol. The summed E-state index contributed by atoms with van der Waals surface area (Å²) in [5.74, 6) is 1.09. The summed E-state index contributed by atoms with van der Waals surface area (Å²) in [5, 5.41) is 3.25. The summed E-state index contributed by atoms with van der Waals surface area (Å²) in [6.07, 6.45) is 4.20. The molecule has 1 aliphatic rings. The Morgan fingerprint density at radius 1 is 1.20 bits per heavy atom. The molecule has 3 aromatic rings. The summed E-state index contributed by atoms with van der Waals surface area (Å²) in [6.45, 7) is 14.4. The molecule has 0 saturated carbocycles. The maximum Gasteiger partial charge on any atom is 0.337 e. The van der Waals surface area contributed by atoms with Crippen molar-refractivity contribution in [1.82, 2.24) is 15.0 Å². The molecule has 1 radical (unpaired) electrons. The topological polar surface area (TPSA) is 116 Å². The van der Waals surface area contributed by atoms with Crippen molar-refractivity contribution in [3.05, 3.63) is 53.9 Å². The molecule has 4 rings (SSSR count). The van der Waals surface area contributed by atoms with E-state index >= 15 is 0 Å². The van der Waals surface area contributed by atoms with E-state index in [1.54, 1.807) is 30.6 Å². The van der Waals surface area contributed by atoms with Gasteiger partial charge in [-0.05, 0) is 48.5 Å². The van der Waals surface area contributed by atoms with Crippen molar-refractivity contribution in [2.24, 2.45) is 0 Å². The first-order valence-corrected chi connectivity index (χ1v) is 16.3. The van der Waals surface area contributed by atoms with Crippen LogP contribution in [0.25, 0.3) is 11.3 Å². The van der Waals surface area contributed by atoms with Gasteiger partial charge in [-0.2, -0.15) is 0 Å². The van der Waals surface area contributed by atoms with Crippen molar-refractivity contribution >= 4 is 45.3 Å². The number of ether oxygens (including phenoxy) is 2. The summed E-state index contributed by atoms with van der Waals surface area (Å²) in [5.41, 5.74) is 3.08. The van der Waals surface area contributed by atoms with Crippen LogP contribution in [-0.4, -0.2) is 70.2 Å². The van der Waals surface area contributed by atoms with Gasteiger partial charge < -0.3 is 28.8 Å². The largest absolute Gasteiger partial charge is 0.495 e. The molecule has 41 heavy (non-hydrogen) atoms. The lowest BCUT2D eigenvalue weighted by atomic mass is 9.85. The number of nitrogens with zero attached hydrogens (tertiary/aromatic N) is 4. The lowest BCUT2D eigenvalue weighted by molar-refractivity contribution is 0.0600. The number of fused-ring (bicyclic) bond motifs is 1. The highest BCUT2D eigenvalue weighted by Crippen LogP contribution is 2.43. The van der Waals surface area contributed by atoms with Crippen LogP contribution in [0.15, 0.2) is 42.7 Å². The monoisotopic (exact) mass is 574 g/mol. The third-order valence-electron chi connectivity index (χ3n) is 7.93. The van der Waals surface area contributed by atoms with E-state index in [-0.39, 0.29) is 10.5 Å². The van der Waals surface area contributed by atoms with E-state index in [0.29, 0.717) is 41.8 Å². The Kier molecular flexibility index (Phi) is 8.55. The Labute approximate surface area is 243 Å². The predicted octanol–water partition coefficient (Wildman–Crippen LogP) is 4.99. The molecule has 1 N–H and O–H groups in total. The molecule has 0 aliphatic carbocycles. The molecule has 1 aliphatic heterocycles. The van der Waals surface area contributed by atoms with Crippen LogP contribution < -0.4 is 14.9 Å². The summed E-state index contributed by atoms with van der Waals surface area (Å²) in [4.78, 5) is 39.1. The van der Waals surface area contributed by atoms with E-state index in [2.05, 4.69) is 57.2 Å². The first kappa shape index (κ1) is 30.2. The minimum atomic E-state index is -2.01. The van der Waals surface area contributed by atoms with Gasteiger partial charge in [0, 0.05) is 42.1 Å². The highest BCUT2D eigenvalue weighted by atomic mass is 28.4. The second-order valence-corrected chi connectivity index (χ2v) is 16.7. The standard InChI is InChI=1S/C29H37BN5O5Si/c1-28(2,3)41(7,8)40-17-29(4)16-35(30-18-36)25-21(29)13-20(15-32-25)22-11-12-31-27(33-22)34-23-10-9-19(26(37)39-6)14-24(23)38-5/h9-15,18H,16-17H2,1-8H3,(H,31,33,34). The minimum absolute atomic E-state index is 0.0756. The number of methoxy groups -OCH3 is 2. The fourth-order valence-electron chi connectivity index (χ4n) is 4.42. The second kappa shape index (κ2) is 11.6. The Hall–Kier alpha value is -3.77. The van der Waals surface area contributed by atoms with E-state index < -0.39 is 14.3 Å². The number of anilines is 3. The summed E-state index contributed by atoms with van der Waals surface area (Å²) in [7, 11) is 2.37. The SMILES string of the molecule is COC(=O)c1ccc(Nc2nccc(-c3cnc4c(c3)C(C)(CO[Si](C)(C)C(C)(C)C)CN4[B]C=O)n2)c(OC)c1. The average molecular weight is 575 g/mol. The van der Waals surface area contributed by atoms with Crippen LogP contribution in [0, 0.1) is 0 Å². The lowest BCUT2D eigenvalue weighted by Crippen LogP contribution is -2.46. The third-order valence-corrected chi connectivity index (χ3v) is 12.4. The molecule has 1 aromatic carbocycles. The van der Waals surface area contributed by atoms with Gasteiger partial charge in [-0.15, -0.1) is 0 Å². The Morgan fingerprint density at radius 3 is 2.61 bits per heavy atom. The van der Waals surface area contributed by atoms with Crippen molar-refractivity contribution in [3.63, 3.8) is 0 Å². The van der Waals surface area contributed by atoms with Gasteiger partial charge in [-0.1, -0.05) is 27.7 Å². The molecule has 1 unspecified atom stereocenters. The smallest absolute Gasteiger partial charge is 0.337 e. The van der Waals surface area contributed by atoms with Crippen molar-refractivity contribution in [2.45, 2.75) is 51.2 Å². The van der Waals surface area contributed by atoms with Gasteiger partial charge in [0.05, 0.1) is 31.2 Å². The van der Waals surface area contributed by atoms with E-state index in [0.717, 1.165) is 23.1 Å². The molecule has 0 bridgehead atoms. The molecule has 0 fully saturated rings. The zero-order valence-corrected chi connectivity index (χ0v) is 25.9. The number of benzene rings is 1. The van der Waals surface area contributed by atoms with E-state index in [4.69, 9.17) is 23.9 Å². The summed E-state index contributed by atoms with van der Waals surface area (Å²) >= 11 is 0. The van der Waals surface area contributed by atoms with Crippen LogP contribution in [0.4, 0.5) is 17.5 Å². The quantitative estimate of drug-likeness (QED) is 0.202. The van der Waals surface area contributed by atoms with Gasteiger partial charge in [0.2, 0.25) is 5.95 Å². The van der Waals surface area contributed by atoms with Crippen LogP contribution in [0.1, 0.15) is 43.6 Å². The lowest BCUT2D eigenvalue weighted by Gasteiger charge is -2.39. The maximum atomic E-state index is 11.9. The molecule has 12 heteroatoms. The number of carbonyl (C=O) groups excluding carboxylic acids is 2. The number of pyridine rings is 1. The first-order chi connectivity index (χ1) is 19.3. The molecule has 3 heterocycles. The molecule has 0 saturated heterocycles. The van der Waals surface area contributed by atoms with Crippen LogP contribution in [-0.2, 0) is 19.4 Å². The van der Waals surface area contributed by atoms with E-state index in [1.165, 1.54) is 21.6 Å². The Morgan fingerprint density at radius 2 is 1.95 bits per heavy atom. The fraction of sp³-hybridized carbons (Fsp3) is 0.414. The van der Waals surface area contributed by atoms with Crippen LogP contribution in [0.5, 0.6) is 5.75 Å². The molecule has 215 valence electrons. The van der Waals surface area contributed by atoms with Crippen molar-refractivity contribution in [2.75, 3.05) is 37.5 Å². The van der Waals surface area contributed by atoms with Gasteiger partial charge in [0.1, 0.15) is 17.8 Å². The van der Waals surface area contributed by atoms with E-state index in [1.807, 2.05) is 10.9 Å². The number of rotatable bonds is 10. The molecule has 10 nitrogen and oxygen atoms in total. The normalized spacial score (nSPS) is 16.6. The average Bonchev–Trinajstić information content (AvgIpc) is 3.22. The fourth-order valence-corrected chi connectivity index (χ4v) is 5.53. The molecular formula is C29H37BN5O5Si. The summed E-state index contributed by atoms with van der Waals surface area (Å²) < 4.78 is 16.9. The zero-order valence-electron chi connectivity index (χ0n) is 24.9. The molecule has 0 amide bonds. The predicted molar refractivity (Wildman–Crippen MR) is 163 cm³/mol. The zero-order chi connectivity index (χ0) is 30.0. The molecule has 0 spiro atoms. The number of hydrogen-bond acceptors (Lipinski definition) is 10. The maximum absolute atomic E-state index is 11.9. The van der Waals surface area contributed by atoms with Crippen LogP contribution in [0.2, 0.25) is 18.1 Å². The number of nitrogens with one attached hydrogen (secondary N) is 1. The summed E-state index contributed by atoms with van der Waals surface area (Å²) in [6, 6.07) is 8.84. The molecule has 1 atom stereocenters. The molecule has 2 aromatic heterocycles. The number of carbonyl (C=O) groups is 2. The number of aromatic nitrogens is 3. The third kappa shape index (κ3) is 6.28. The Balaban J connectivity index is 1.65. The van der Waals surface area contributed by atoms with Gasteiger partial charge in [-0.25, -0.2) is 19.7 Å². The van der Waals surface area contributed by atoms with Crippen molar-refractivity contribution in [1.29, 1.82) is 0 Å². The highest BCUT2D eigenvalue weighted by Gasteiger charge is 2.44. The van der Waals surface area contributed by atoms with Gasteiger partial charge >= 0.3 is 13.4 Å². The van der Waals surface area contributed by atoms with Crippen LogP contribution >= 0.6 is 0 Å².